The first-order chi connectivity index (χ1) is 24.5. The number of rotatable bonds is 7. The molecule has 7 fully saturated rings. The average molecular weight is 755 g/mol. The summed E-state index contributed by atoms with van der Waals surface area (Å²) in [6.45, 7) is 19.1. The van der Waals surface area contributed by atoms with Gasteiger partial charge in [-0.3, -0.25) is 0 Å². The fourth-order valence-corrected chi connectivity index (χ4v) is 13.8. The lowest BCUT2D eigenvalue weighted by Gasteiger charge is -2.71. The summed E-state index contributed by atoms with van der Waals surface area (Å²) in [6.07, 6.45) is -3.07. The van der Waals surface area contributed by atoms with E-state index in [-0.39, 0.29) is 63.6 Å². The molecule has 20 atom stereocenters. The summed E-state index contributed by atoms with van der Waals surface area (Å²) in [7, 11) is 0. The zero-order valence-electron chi connectivity index (χ0n) is 33.5. The van der Waals surface area contributed by atoms with E-state index in [4.69, 9.17) is 23.7 Å². The molecule has 3 heterocycles. The lowest BCUT2D eigenvalue weighted by atomic mass is 9.35. The van der Waals surface area contributed by atoms with Crippen molar-refractivity contribution in [3.63, 3.8) is 0 Å². The van der Waals surface area contributed by atoms with Gasteiger partial charge in [-0.15, -0.1) is 0 Å². The first-order valence-corrected chi connectivity index (χ1v) is 20.6. The molecule has 0 aromatic carbocycles. The van der Waals surface area contributed by atoms with Gasteiger partial charge >= 0.3 is 0 Å². The van der Waals surface area contributed by atoms with Crippen LogP contribution in [0.15, 0.2) is 0 Å². The quantitative estimate of drug-likeness (QED) is 0.189. The van der Waals surface area contributed by atoms with Crippen molar-refractivity contribution in [3.8, 4) is 0 Å². The van der Waals surface area contributed by atoms with Crippen LogP contribution < -0.4 is 0 Å². The van der Waals surface area contributed by atoms with E-state index in [0.29, 0.717) is 0 Å². The largest absolute Gasteiger partial charge is 0.394 e. The van der Waals surface area contributed by atoms with Gasteiger partial charge in [0, 0.05) is 0 Å². The molecule has 7 aliphatic rings. The second kappa shape index (κ2) is 13.5. The van der Waals surface area contributed by atoms with Crippen LogP contribution in [0.25, 0.3) is 0 Å². The van der Waals surface area contributed by atoms with E-state index in [9.17, 15) is 35.7 Å². The molecular weight excluding hydrogens is 684 g/mol. The van der Waals surface area contributed by atoms with Crippen LogP contribution in [0.4, 0.5) is 0 Å². The molecule has 0 amide bonds. The maximum absolute atomic E-state index is 11.2. The molecule has 0 unspecified atom stereocenters. The van der Waals surface area contributed by atoms with Crippen LogP contribution in [0.3, 0.4) is 0 Å². The fraction of sp³-hybridized carbons (Fsp3) is 1.00. The van der Waals surface area contributed by atoms with E-state index >= 15 is 0 Å². The second-order valence-electron chi connectivity index (χ2n) is 20.6. The first kappa shape index (κ1) is 40.7. The number of hydrogen-bond donors (Lipinski definition) is 7. The molecule has 53 heavy (non-hydrogen) atoms. The highest BCUT2D eigenvalue weighted by molar-refractivity contribution is 5.21. The molecule has 0 radical (unpaired) electrons. The van der Waals surface area contributed by atoms with Crippen molar-refractivity contribution in [3.05, 3.63) is 0 Å². The standard InChI is InChI=1S/C41H70O12/c1-20-29(43)31(45)33(47)34(49-20)50-22-18-25-38(6)14-12-26(52-35-32(46)30(44)23(19-42)51-35)36(2,3)24(38)11-16-39(25,7)40(8)15-10-21(28(22)40)41(9)17-13-27(53-41)37(4,5)48/h20-35,42-48H,10-19H2,1-9H3/t20-,21+,22-,23+,24-,25-,26+,27-,28+,29-,30+,31+,32-,33-,34+,35+,38+,39-,40-,41+/m1/s1. The van der Waals surface area contributed by atoms with Crippen molar-refractivity contribution < 1.29 is 59.4 Å². The van der Waals surface area contributed by atoms with Crippen molar-refractivity contribution in [2.75, 3.05) is 6.61 Å². The maximum Gasteiger partial charge on any atom is 0.186 e. The van der Waals surface area contributed by atoms with Gasteiger partial charge in [0.15, 0.2) is 12.6 Å². The van der Waals surface area contributed by atoms with E-state index in [0.717, 1.165) is 57.8 Å². The molecule has 306 valence electrons. The Morgan fingerprint density at radius 3 is 1.96 bits per heavy atom. The smallest absolute Gasteiger partial charge is 0.186 e. The highest BCUT2D eigenvalue weighted by Gasteiger charge is 2.73. The summed E-state index contributed by atoms with van der Waals surface area (Å²) in [5.41, 5.74) is -2.05. The third kappa shape index (κ3) is 6.13. The van der Waals surface area contributed by atoms with Gasteiger partial charge in [-0.05, 0) is 131 Å². The number of fused-ring (bicyclic) bond motifs is 5. The lowest BCUT2D eigenvalue weighted by Crippen LogP contribution is -2.68. The molecule has 7 N–H and O–H groups in total. The summed E-state index contributed by atoms with van der Waals surface area (Å²) in [4.78, 5) is 0. The maximum atomic E-state index is 11.2. The van der Waals surface area contributed by atoms with Gasteiger partial charge in [0.05, 0.1) is 42.2 Å². The monoisotopic (exact) mass is 754 g/mol. The Kier molecular flexibility index (Phi) is 10.4. The van der Waals surface area contributed by atoms with Gasteiger partial charge in [0.2, 0.25) is 0 Å². The van der Waals surface area contributed by atoms with Gasteiger partial charge in [0.25, 0.3) is 0 Å². The second-order valence-corrected chi connectivity index (χ2v) is 20.6. The molecule has 0 spiro atoms. The molecule has 12 nitrogen and oxygen atoms in total. The molecule has 0 aromatic heterocycles. The van der Waals surface area contributed by atoms with Crippen LogP contribution >= 0.6 is 0 Å². The minimum atomic E-state index is -1.41. The third-order valence-electron chi connectivity index (χ3n) is 17.1. The van der Waals surface area contributed by atoms with Crippen molar-refractivity contribution in [1.29, 1.82) is 0 Å². The van der Waals surface area contributed by atoms with Gasteiger partial charge < -0.3 is 59.4 Å². The molecule has 0 aromatic rings. The predicted molar refractivity (Wildman–Crippen MR) is 193 cm³/mol. The van der Waals surface area contributed by atoms with Crippen molar-refractivity contribution in [2.45, 2.75) is 205 Å². The number of aliphatic hydroxyl groups is 7. The Morgan fingerprint density at radius 1 is 0.698 bits per heavy atom. The third-order valence-corrected chi connectivity index (χ3v) is 17.1. The van der Waals surface area contributed by atoms with E-state index in [1.54, 1.807) is 6.92 Å². The summed E-state index contributed by atoms with van der Waals surface area (Å²) in [5.74, 6) is 0.698. The highest BCUT2D eigenvalue weighted by atomic mass is 16.7. The van der Waals surface area contributed by atoms with Crippen LogP contribution in [-0.4, -0.2) is 127 Å². The highest BCUT2D eigenvalue weighted by Crippen LogP contribution is 2.76. The molecule has 12 heteroatoms. The molecule has 4 saturated carbocycles. The van der Waals surface area contributed by atoms with Crippen LogP contribution in [0.1, 0.15) is 120 Å². The Hall–Kier alpha value is -0.480. The van der Waals surface area contributed by atoms with Crippen LogP contribution in [0, 0.1) is 45.3 Å². The van der Waals surface area contributed by atoms with Gasteiger partial charge in [0.1, 0.15) is 36.6 Å². The zero-order valence-corrected chi connectivity index (χ0v) is 33.5. The van der Waals surface area contributed by atoms with E-state index in [1.807, 2.05) is 13.8 Å². The van der Waals surface area contributed by atoms with E-state index in [2.05, 4.69) is 41.5 Å². The number of ether oxygens (including phenoxy) is 5. The summed E-state index contributed by atoms with van der Waals surface area (Å²) in [5, 5.41) is 74.4. The Balaban J connectivity index is 1.22. The van der Waals surface area contributed by atoms with Crippen LogP contribution in [-0.2, 0) is 23.7 Å². The summed E-state index contributed by atoms with van der Waals surface area (Å²) < 4.78 is 32.3. The minimum absolute atomic E-state index is 0.0514. The molecule has 7 rings (SSSR count). The minimum Gasteiger partial charge on any atom is -0.394 e. The fourth-order valence-electron chi connectivity index (χ4n) is 13.8. The van der Waals surface area contributed by atoms with Crippen molar-refractivity contribution >= 4 is 0 Å². The van der Waals surface area contributed by atoms with E-state index in [1.165, 1.54) is 0 Å². The SMILES string of the molecule is C[C@H]1O[C@@H](O[C@@H]2C[C@@H]3[C@@]4(C)CC[C@H](O[C@@H]5O[C@@H](CO)[C@H](O)[C@H]5O)C(C)(C)[C@H]4CC[C@@]3(C)[C@]3(C)CC[C@H]([C@]4(C)CC[C@H](C(C)(C)O)O4)[C@@H]23)[C@H](O)[C@@H](O)[C@@H]1O. The average Bonchev–Trinajstić information content (AvgIpc) is 3.75. The Bertz CT molecular complexity index is 1340. The molecule has 3 saturated heterocycles. The van der Waals surface area contributed by atoms with Crippen LogP contribution in [0.5, 0.6) is 0 Å². The Labute approximate surface area is 315 Å². The zero-order chi connectivity index (χ0) is 38.8. The van der Waals surface area contributed by atoms with Gasteiger partial charge in [-0.2, -0.15) is 0 Å². The predicted octanol–water partition coefficient (Wildman–Crippen LogP) is 3.03. The molecule has 3 aliphatic heterocycles. The van der Waals surface area contributed by atoms with E-state index < -0.39 is 73.1 Å². The normalized spacial score (nSPS) is 56.8. The topological polar surface area (TPSA) is 188 Å². The van der Waals surface area contributed by atoms with Crippen molar-refractivity contribution in [2.24, 2.45) is 45.3 Å². The molecule has 4 aliphatic carbocycles. The number of aliphatic hydroxyl groups excluding tert-OH is 6. The van der Waals surface area contributed by atoms with Gasteiger partial charge in [-0.25, -0.2) is 0 Å². The van der Waals surface area contributed by atoms with Crippen molar-refractivity contribution in [1.82, 2.24) is 0 Å². The van der Waals surface area contributed by atoms with Crippen LogP contribution in [0.2, 0.25) is 0 Å². The first-order valence-electron chi connectivity index (χ1n) is 20.6. The van der Waals surface area contributed by atoms with Gasteiger partial charge in [-0.1, -0.05) is 34.6 Å². The summed E-state index contributed by atoms with van der Waals surface area (Å²) in [6, 6.07) is 0. The molecule has 0 bridgehead atoms. The number of hydrogen-bond acceptors (Lipinski definition) is 12. The molecular formula is C41H70O12. The lowest BCUT2D eigenvalue weighted by molar-refractivity contribution is -0.332. The summed E-state index contributed by atoms with van der Waals surface area (Å²) >= 11 is 0. The Morgan fingerprint density at radius 2 is 1.34 bits per heavy atom.